The third-order valence-electron chi connectivity index (χ3n) is 3.76. The Kier molecular flexibility index (Phi) is 3.82. The van der Waals surface area contributed by atoms with Gasteiger partial charge in [0.25, 0.3) is 0 Å². The molecule has 0 unspecified atom stereocenters. The summed E-state index contributed by atoms with van der Waals surface area (Å²) < 4.78 is 4.77. The van der Waals surface area contributed by atoms with Crippen molar-refractivity contribution in [2.75, 3.05) is 30.9 Å². The molecule has 3 rings (SSSR count). The highest BCUT2D eigenvalue weighted by molar-refractivity contribution is 5.90. The van der Waals surface area contributed by atoms with Crippen LogP contribution in [0.15, 0.2) is 36.8 Å². The van der Waals surface area contributed by atoms with E-state index in [1.807, 2.05) is 24.4 Å². The summed E-state index contributed by atoms with van der Waals surface area (Å²) in [4.78, 5) is 20.3. The van der Waals surface area contributed by atoms with Gasteiger partial charge in [-0.05, 0) is 23.8 Å². The first kappa shape index (κ1) is 14.2. The number of hydrogen-bond acceptors (Lipinski definition) is 4. The zero-order chi connectivity index (χ0) is 15.5. The topological polar surface area (TPSA) is 70.2 Å². The average Bonchev–Trinajstić information content (AvgIpc) is 3.06. The second-order valence-corrected chi connectivity index (χ2v) is 5.12. The van der Waals surface area contributed by atoms with Crippen LogP contribution in [-0.4, -0.2) is 36.8 Å². The molecule has 2 heterocycles. The lowest BCUT2D eigenvalue weighted by Gasteiger charge is -2.22. The Hall–Kier alpha value is -2.76. The molecule has 0 aliphatic carbocycles. The van der Waals surface area contributed by atoms with Crippen molar-refractivity contribution in [3.05, 3.63) is 48.1 Å². The van der Waals surface area contributed by atoms with Gasteiger partial charge in [-0.1, -0.05) is 6.08 Å². The van der Waals surface area contributed by atoms with Crippen LogP contribution in [0.5, 0.6) is 0 Å². The third kappa shape index (κ3) is 2.67. The van der Waals surface area contributed by atoms with Crippen molar-refractivity contribution < 1.29 is 9.53 Å². The lowest BCUT2D eigenvalue weighted by Crippen LogP contribution is -2.26. The molecule has 0 bridgehead atoms. The molecule has 1 aliphatic heterocycles. The lowest BCUT2D eigenvalue weighted by atomic mass is 9.96. The first-order valence-electron chi connectivity index (χ1n) is 7.05. The summed E-state index contributed by atoms with van der Waals surface area (Å²) in [6, 6.07) is 5.90. The fourth-order valence-corrected chi connectivity index (χ4v) is 2.55. The number of carbonyl (C=O) groups excluding carboxylic acids is 1. The molecule has 0 fully saturated rings. The number of imidazole rings is 1. The number of nitrogens with zero attached hydrogens (tertiary/aromatic N) is 2. The fraction of sp³-hybridized carbons (Fsp3) is 0.250. The zero-order valence-electron chi connectivity index (χ0n) is 12.6. The highest BCUT2D eigenvalue weighted by atomic mass is 16.5. The number of hydrogen-bond donors (Lipinski definition) is 2. The Bertz CT molecular complexity index is 707. The van der Waals surface area contributed by atoms with Gasteiger partial charge in [0.1, 0.15) is 0 Å². The van der Waals surface area contributed by atoms with E-state index >= 15 is 0 Å². The van der Waals surface area contributed by atoms with E-state index in [-0.39, 0.29) is 6.09 Å². The Labute approximate surface area is 128 Å². The molecule has 1 amide bonds. The smallest absolute Gasteiger partial charge is 0.413 e. The highest BCUT2D eigenvalue weighted by Crippen LogP contribution is 2.33. The molecule has 0 atom stereocenters. The summed E-state index contributed by atoms with van der Waals surface area (Å²) >= 11 is 0. The van der Waals surface area contributed by atoms with Crippen LogP contribution in [-0.2, 0) is 11.2 Å². The SMILES string of the molecule is COC(=O)N(C)c1ccc2c(c1)C(Cc1cnc[nH]1)=CCN2. The van der Waals surface area contributed by atoms with E-state index in [2.05, 4.69) is 21.4 Å². The second kappa shape index (κ2) is 5.93. The van der Waals surface area contributed by atoms with Gasteiger partial charge in [0, 0.05) is 48.8 Å². The molecule has 114 valence electrons. The summed E-state index contributed by atoms with van der Waals surface area (Å²) in [6.07, 6.45) is 6.06. The summed E-state index contributed by atoms with van der Waals surface area (Å²) in [7, 11) is 3.07. The Morgan fingerprint density at radius 3 is 3.05 bits per heavy atom. The molecule has 0 spiro atoms. The van der Waals surface area contributed by atoms with Gasteiger partial charge in [-0.15, -0.1) is 0 Å². The Balaban J connectivity index is 1.92. The van der Waals surface area contributed by atoms with Crippen molar-refractivity contribution in [3.8, 4) is 0 Å². The van der Waals surface area contributed by atoms with E-state index in [0.717, 1.165) is 35.6 Å². The molecule has 22 heavy (non-hydrogen) atoms. The lowest BCUT2D eigenvalue weighted by molar-refractivity contribution is 0.180. The molecular formula is C16H18N4O2. The predicted molar refractivity (Wildman–Crippen MR) is 86.0 cm³/mol. The number of H-pyrrole nitrogens is 1. The van der Waals surface area contributed by atoms with Gasteiger partial charge in [0.2, 0.25) is 0 Å². The molecule has 0 saturated heterocycles. The number of anilines is 2. The van der Waals surface area contributed by atoms with Crippen molar-refractivity contribution in [3.63, 3.8) is 0 Å². The average molecular weight is 298 g/mol. The van der Waals surface area contributed by atoms with Gasteiger partial charge in [-0.2, -0.15) is 0 Å². The van der Waals surface area contributed by atoms with E-state index in [9.17, 15) is 4.79 Å². The highest BCUT2D eigenvalue weighted by Gasteiger charge is 2.17. The number of allylic oxidation sites excluding steroid dienone is 1. The quantitative estimate of drug-likeness (QED) is 0.914. The summed E-state index contributed by atoms with van der Waals surface area (Å²) in [5.41, 5.74) is 5.22. The van der Waals surface area contributed by atoms with Crippen molar-refractivity contribution in [1.82, 2.24) is 9.97 Å². The predicted octanol–water partition coefficient (Wildman–Crippen LogP) is 2.66. The largest absolute Gasteiger partial charge is 0.452 e. The van der Waals surface area contributed by atoms with Gasteiger partial charge in [-0.25, -0.2) is 9.78 Å². The molecule has 1 aromatic heterocycles. The Morgan fingerprint density at radius 1 is 1.45 bits per heavy atom. The van der Waals surface area contributed by atoms with Crippen LogP contribution in [0.3, 0.4) is 0 Å². The number of nitrogens with one attached hydrogen (secondary N) is 2. The number of aromatic nitrogens is 2. The molecule has 2 N–H and O–H groups in total. The van der Waals surface area contributed by atoms with Gasteiger partial charge >= 0.3 is 6.09 Å². The number of methoxy groups -OCH3 is 1. The molecule has 0 radical (unpaired) electrons. The van der Waals surface area contributed by atoms with Crippen LogP contribution >= 0.6 is 0 Å². The van der Waals surface area contributed by atoms with Gasteiger partial charge < -0.3 is 15.0 Å². The summed E-state index contributed by atoms with van der Waals surface area (Å²) in [6.45, 7) is 0.794. The number of amides is 1. The molecule has 6 heteroatoms. The van der Waals surface area contributed by atoms with Crippen LogP contribution in [0.1, 0.15) is 11.3 Å². The second-order valence-electron chi connectivity index (χ2n) is 5.12. The van der Waals surface area contributed by atoms with Gasteiger partial charge in [-0.3, -0.25) is 4.90 Å². The van der Waals surface area contributed by atoms with Crippen LogP contribution in [0.25, 0.3) is 5.57 Å². The fourth-order valence-electron chi connectivity index (χ4n) is 2.55. The standard InChI is InChI=1S/C16H18N4O2/c1-20(16(21)22-2)13-3-4-15-14(8-13)11(5-6-18-15)7-12-9-17-10-19-12/h3-5,8-10,18H,6-7H2,1-2H3,(H,17,19). The molecule has 1 aliphatic rings. The maximum absolute atomic E-state index is 11.7. The molecular weight excluding hydrogens is 280 g/mol. The number of carbonyl (C=O) groups is 1. The van der Waals surface area contributed by atoms with Crippen molar-refractivity contribution >= 4 is 23.0 Å². The zero-order valence-corrected chi connectivity index (χ0v) is 12.6. The molecule has 0 saturated carbocycles. The minimum Gasteiger partial charge on any atom is -0.452 e. The van der Waals surface area contributed by atoms with Gasteiger partial charge in [0.15, 0.2) is 0 Å². The summed E-state index contributed by atoms with van der Waals surface area (Å²) in [5.74, 6) is 0. The number of fused-ring (bicyclic) bond motifs is 1. The van der Waals surface area contributed by atoms with E-state index < -0.39 is 0 Å². The number of rotatable bonds is 3. The van der Waals surface area contributed by atoms with Crippen LogP contribution in [0.4, 0.5) is 16.2 Å². The van der Waals surface area contributed by atoms with Crippen LogP contribution < -0.4 is 10.2 Å². The molecule has 1 aromatic carbocycles. The minimum atomic E-state index is -0.386. The monoisotopic (exact) mass is 298 g/mol. The number of benzene rings is 1. The van der Waals surface area contributed by atoms with Gasteiger partial charge in [0.05, 0.1) is 13.4 Å². The normalized spacial score (nSPS) is 12.9. The maximum Gasteiger partial charge on any atom is 0.413 e. The van der Waals surface area contributed by atoms with E-state index in [1.165, 1.54) is 17.6 Å². The van der Waals surface area contributed by atoms with E-state index in [1.54, 1.807) is 13.4 Å². The van der Waals surface area contributed by atoms with Crippen molar-refractivity contribution in [2.24, 2.45) is 0 Å². The minimum absolute atomic E-state index is 0.386. The van der Waals surface area contributed by atoms with Crippen molar-refractivity contribution in [2.45, 2.75) is 6.42 Å². The Morgan fingerprint density at radius 2 is 2.32 bits per heavy atom. The van der Waals surface area contributed by atoms with Crippen molar-refractivity contribution in [1.29, 1.82) is 0 Å². The maximum atomic E-state index is 11.7. The van der Waals surface area contributed by atoms with Crippen LogP contribution in [0, 0.1) is 0 Å². The third-order valence-corrected chi connectivity index (χ3v) is 3.76. The first-order valence-corrected chi connectivity index (χ1v) is 7.05. The summed E-state index contributed by atoms with van der Waals surface area (Å²) in [5, 5.41) is 3.34. The van der Waals surface area contributed by atoms with E-state index in [4.69, 9.17) is 4.74 Å². The molecule has 6 nitrogen and oxygen atoms in total. The number of ether oxygens (including phenoxy) is 1. The first-order chi connectivity index (χ1) is 10.7. The molecule has 2 aromatic rings. The van der Waals surface area contributed by atoms with Crippen LogP contribution in [0.2, 0.25) is 0 Å². The van der Waals surface area contributed by atoms with E-state index in [0.29, 0.717) is 0 Å². The number of aromatic amines is 1.